The van der Waals surface area contributed by atoms with Crippen molar-refractivity contribution in [2.75, 3.05) is 18.0 Å². The highest BCUT2D eigenvalue weighted by Crippen LogP contribution is 2.27. The first kappa shape index (κ1) is 20.5. The SMILES string of the molecule is CCn1c(N2CCC(C(=O)OC(C)(C)C)CC2)c(C#N)cc(C(=O)O)c1=O. The molecule has 1 saturated heterocycles. The number of carbonyl (C=O) groups is 2. The molecule has 1 aliphatic rings. The number of aromatic nitrogens is 1. The van der Waals surface area contributed by atoms with Gasteiger partial charge in [0.15, 0.2) is 0 Å². The van der Waals surface area contributed by atoms with Crippen LogP contribution >= 0.6 is 0 Å². The maximum Gasteiger partial charge on any atom is 0.341 e. The zero-order valence-electron chi connectivity index (χ0n) is 16.1. The Kier molecular flexibility index (Phi) is 5.94. The molecule has 0 atom stereocenters. The summed E-state index contributed by atoms with van der Waals surface area (Å²) in [5, 5.41) is 18.7. The summed E-state index contributed by atoms with van der Waals surface area (Å²) in [6, 6.07) is 3.13. The molecule has 0 radical (unpaired) electrons. The molecule has 0 bridgehead atoms. The molecule has 8 nitrogen and oxygen atoms in total. The van der Waals surface area contributed by atoms with Crippen LogP contribution in [-0.4, -0.2) is 40.3 Å². The number of hydrogen-bond acceptors (Lipinski definition) is 6. The second-order valence-electron chi connectivity index (χ2n) is 7.56. The Morgan fingerprint density at radius 2 is 1.93 bits per heavy atom. The molecule has 2 rings (SSSR count). The summed E-state index contributed by atoms with van der Waals surface area (Å²) in [5.74, 6) is -1.41. The van der Waals surface area contributed by atoms with E-state index in [9.17, 15) is 24.8 Å². The molecule has 0 saturated carbocycles. The Bertz CT molecular complexity index is 837. The first-order valence-corrected chi connectivity index (χ1v) is 8.98. The Morgan fingerprint density at radius 1 is 1.33 bits per heavy atom. The lowest BCUT2D eigenvalue weighted by molar-refractivity contribution is -0.160. The molecule has 1 aromatic rings. The van der Waals surface area contributed by atoms with Crippen LogP contribution in [0.15, 0.2) is 10.9 Å². The molecule has 8 heteroatoms. The number of esters is 1. The maximum absolute atomic E-state index is 12.5. The van der Waals surface area contributed by atoms with Gasteiger partial charge >= 0.3 is 11.9 Å². The van der Waals surface area contributed by atoms with Crippen molar-refractivity contribution in [3.8, 4) is 6.07 Å². The summed E-state index contributed by atoms with van der Waals surface area (Å²) >= 11 is 0. The Hall–Kier alpha value is -2.82. The van der Waals surface area contributed by atoms with E-state index in [4.69, 9.17) is 4.74 Å². The number of hydrogen-bond donors (Lipinski definition) is 1. The molecule has 1 N–H and O–H groups in total. The minimum atomic E-state index is -1.35. The number of carboxylic acid groups (broad SMARTS) is 1. The molecule has 0 spiro atoms. The summed E-state index contributed by atoms with van der Waals surface area (Å²) in [4.78, 5) is 37.9. The van der Waals surface area contributed by atoms with E-state index in [-0.39, 0.29) is 24.0 Å². The molecule has 1 aromatic heterocycles. The van der Waals surface area contributed by atoms with Gasteiger partial charge in [0, 0.05) is 19.6 Å². The lowest BCUT2D eigenvalue weighted by atomic mass is 9.96. The lowest BCUT2D eigenvalue weighted by Crippen LogP contribution is -2.42. The molecule has 146 valence electrons. The van der Waals surface area contributed by atoms with E-state index in [1.165, 1.54) is 4.57 Å². The summed E-state index contributed by atoms with van der Waals surface area (Å²) < 4.78 is 6.75. The molecule has 0 aliphatic carbocycles. The van der Waals surface area contributed by atoms with Crippen LogP contribution in [0.25, 0.3) is 0 Å². The average Bonchev–Trinajstić information content (AvgIpc) is 2.59. The average molecular weight is 375 g/mol. The fourth-order valence-corrected chi connectivity index (χ4v) is 3.24. The van der Waals surface area contributed by atoms with E-state index in [0.717, 1.165) is 6.07 Å². The molecular formula is C19H25N3O5. The van der Waals surface area contributed by atoms with Crippen LogP contribution in [0.5, 0.6) is 0 Å². The third kappa shape index (κ3) is 4.48. The van der Waals surface area contributed by atoms with E-state index < -0.39 is 22.7 Å². The summed E-state index contributed by atoms with van der Waals surface area (Å²) in [6.45, 7) is 8.39. The highest BCUT2D eigenvalue weighted by atomic mass is 16.6. The third-order valence-electron chi connectivity index (χ3n) is 4.46. The molecule has 1 aliphatic heterocycles. The Balaban J connectivity index is 2.29. The molecule has 27 heavy (non-hydrogen) atoms. The minimum absolute atomic E-state index is 0.143. The van der Waals surface area contributed by atoms with E-state index >= 15 is 0 Å². The number of aromatic carboxylic acids is 1. The highest BCUT2D eigenvalue weighted by molar-refractivity contribution is 5.88. The topological polar surface area (TPSA) is 113 Å². The second kappa shape index (κ2) is 7.82. The van der Waals surface area contributed by atoms with E-state index in [1.54, 1.807) is 6.92 Å². The van der Waals surface area contributed by atoms with Gasteiger partial charge in [-0.15, -0.1) is 0 Å². The van der Waals surface area contributed by atoms with Crippen LogP contribution in [0.2, 0.25) is 0 Å². The third-order valence-corrected chi connectivity index (χ3v) is 4.46. The fourth-order valence-electron chi connectivity index (χ4n) is 3.24. The van der Waals surface area contributed by atoms with Gasteiger partial charge in [0.2, 0.25) is 0 Å². The number of carbonyl (C=O) groups excluding carboxylic acids is 1. The monoisotopic (exact) mass is 375 g/mol. The van der Waals surface area contributed by atoms with Crippen LogP contribution in [0, 0.1) is 17.2 Å². The standard InChI is InChI=1S/C19H25N3O5/c1-5-22-15(13(11-20)10-14(16(22)23)17(24)25)21-8-6-12(7-9-21)18(26)27-19(2,3)4/h10,12H,5-9H2,1-4H3,(H,24,25). The van der Waals surface area contributed by atoms with Gasteiger partial charge < -0.3 is 14.7 Å². The van der Waals surface area contributed by atoms with Crippen molar-refractivity contribution in [2.24, 2.45) is 5.92 Å². The smallest absolute Gasteiger partial charge is 0.341 e. The van der Waals surface area contributed by atoms with Crippen LogP contribution in [0.3, 0.4) is 0 Å². The van der Waals surface area contributed by atoms with E-state index in [1.807, 2.05) is 31.7 Å². The van der Waals surface area contributed by atoms with Gasteiger partial charge in [0.05, 0.1) is 11.5 Å². The van der Waals surface area contributed by atoms with Gasteiger partial charge in [0.1, 0.15) is 23.1 Å². The summed E-state index contributed by atoms with van der Waals surface area (Å²) in [5.41, 5.74) is -1.45. The lowest BCUT2D eigenvalue weighted by Gasteiger charge is -2.35. The number of rotatable bonds is 4. The molecule has 1 fully saturated rings. The number of nitriles is 1. The number of piperidine rings is 1. The Labute approximate surface area is 158 Å². The number of nitrogens with zero attached hydrogens (tertiary/aromatic N) is 3. The molecule has 0 aromatic carbocycles. The predicted molar refractivity (Wildman–Crippen MR) is 98.8 cm³/mol. The first-order chi connectivity index (χ1) is 12.6. The van der Waals surface area contributed by atoms with Crippen molar-refractivity contribution in [3.05, 3.63) is 27.5 Å². The first-order valence-electron chi connectivity index (χ1n) is 8.98. The maximum atomic E-state index is 12.5. The largest absolute Gasteiger partial charge is 0.477 e. The van der Waals surface area contributed by atoms with E-state index in [2.05, 4.69) is 0 Å². The van der Waals surface area contributed by atoms with Gasteiger partial charge in [-0.3, -0.25) is 14.2 Å². The van der Waals surface area contributed by atoms with Crippen molar-refractivity contribution >= 4 is 17.8 Å². The van der Waals surface area contributed by atoms with Crippen molar-refractivity contribution in [3.63, 3.8) is 0 Å². The van der Waals surface area contributed by atoms with Crippen molar-refractivity contribution in [2.45, 2.75) is 52.7 Å². The summed E-state index contributed by atoms with van der Waals surface area (Å²) in [7, 11) is 0. The Morgan fingerprint density at radius 3 is 2.37 bits per heavy atom. The van der Waals surface area contributed by atoms with Crippen LogP contribution in [0.4, 0.5) is 5.82 Å². The van der Waals surface area contributed by atoms with Crippen molar-refractivity contribution < 1.29 is 19.4 Å². The van der Waals surface area contributed by atoms with Gasteiger partial charge in [-0.05, 0) is 46.6 Å². The van der Waals surface area contributed by atoms with Gasteiger partial charge in [-0.25, -0.2) is 4.79 Å². The highest BCUT2D eigenvalue weighted by Gasteiger charge is 2.31. The van der Waals surface area contributed by atoms with E-state index in [0.29, 0.717) is 31.7 Å². The number of ether oxygens (including phenoxy) is 1. The molecule has 0 unspecified atom stereocenters. The van der Waals surface area contributed by atoms with Crippen molar-refractivity contribution in [1.29, 1.82) is 5.26 Å². The van der Waals surface area contributed by atoms with Crippen molar-refractivity contribution in [1.82, 2.24) is 4.57 Å². The summed E-state index contributed by atoms with van der Waals surface area (Å²) in [6.07, 6.45) is 1.08. The van der Waals surface area contributed by atoms with Crippen LogP contribution in [-0.2, 0) is 16.1 Å². The minimum Gasteiger partial charge on any atom is -0.477 e. The zero-order valence-corrected chi connectivity index (χ0v) is 16.1. The quantitative estimate of drug-likeness (QED) is 0.801. The van der Waals surface area contributed by atoms with Gasteiger partial charge in [-0.2, -0.15) is 5.26 Å². The molecule has 0 amide bonds. The van der Waals surface area contributed by atoms with Crippen LogP contribution in [0.1, 0.15) is 56.5 Å². The van der Waals surface area contributed by atoms with Gasteiger partial charge in [-0.1, -0.05) is 0 Å². The predicted octanol–water partition coefficient (Wildman–Crippen LogP) is 2.00. The zero-order chi connectivity index (χ0) is 20.4. The molecule has 2 heterocycles. The van der Waals surface area contributed by atoms with Crippen LogP contribution < -0.4 is 10.5 Å². The number of carboxylic acids is 1. The second-order valence-corrected chi connectivity index (χ2v) is 7.56. The fraction of sp³-hybridized carbons (Fsp3) is 0.579. The van der Waals surface area contributed by atoms with Gasteiger partial charge in [0.25, 0.3) is 5.56 Å². The normalized spacial score (nSPS) is 15.3. The molecular weight excluding hydrogens is 350 g/mol. The number of anilines is 1. The number of pyridine rings is 1.